The van der Waals surface area contributed by atoms with Crippen LogP contribution < -0.4 is 5.43 Å². The normalized spacial score (nSPS) is 20.8. The lowest BCUT2D eigenvalue weighted by atomic mass is 10.1. The molecule has 3 rings (SSSR count). The van der Waals surface area contributed by atoms with Crippen molar-refractivity contribution >= 4 is 11.6 Å². The molecule has 1 aliphatic heterocycles. The van der Waals surface area contributed by atoms with Crippen LogP contribution in [0.2, 0.25) is 0 Å². The molecule has 2 aromatic rings. The van der Waals surface area contributed by atoms with Gasteiger partial charge in [0.2, 0.25) is 0 Å². The number of hydrogen-bond acceptors (Lipinski definition) is 6. The molecule has 1 aliphatic rings. The average molecular weight is 354 g/mol. The lowest BCUT2D eigenvalue weighted by Crippen LogP contribution is -2.55. The third-order valence-corrected chi connectivity index (χ3v) is 4.76. The van der Waals surface area contributed by atoms with Gasteiger partial charge in [0, 0.05) is 29.8 Å². The number of anilines is 1. The van der Waals surface area contributed by atoms with Gasteiger partial charge in [-0.05, 0) is 20.8 Å². The molecule has 0 aliphatic carbocycles. The maximum Gasteiger partial charge on any atom is 0.161 e. The number of carbonyl (C=O) groups is 1. The molecule has 6 nitrogen and oxygen atoms in total. The van der Waals surface area contributed by atoms with Crippen molar-refractivity contribution in [2.24, 2.45) is 0 Å². The van der Waals surface area contributed by atoms with Gasteiger partial charge in [0.15, 0.2) is 11.6 Å². The zero-order chi connectivity index (χ0) is 18.7. The third-order valence-electron chi connectivity index (χ3n) is 4.76. The number of aromatic nitrogens is 2. The fourth-order valence-corrected chi connectivity index (χ4v) is 3.02. The minimum absolute atomic E-state index is 0.0558. The van der Waals surface area contributed by atoms with Crippen LogP contribution in [0.3, 0.4) is 0 Å². The fraction of sp³-hybridized carbons (Fsp3) is 0.450. The highest BCUT2D eigenvalue weighted by Gasteiger charge is 2.32. The number of ketones is 1. The molecule has 0 radical (unpaired) electrons. The van der Waals surface area contributed by atoms with E-state index in [0.29, 0.717) is 25.4 Å². The highest BCUT2D eigenvalue weighted by Crippen LogP contribution is 2.23. The van der Waals surface area contributed by atoms with Crippen LogP contribution in [0.5, 0.6) is 0 Å². The van der Waals surface area contributed by atoms with Gasteiger partial charge >= 0.3 is 0 Å². The van der Waals surface area contributed by atoms with E-state index in [1.807, 2.05) is 63.0 Å². The molecule has 1 N–H and O–H groups in total. The summed E-state index contributed by atoms with van der Waals surface area (Å²) in [7, 11) is 0. The van der Waals surface area contributed by atoms with Crippen LogP contribution in [0, 0.1) is 13.8 Å². The molecule has 1 aromatic heterocycles. The van der Waals surface area contributed by atoms with Crippen LogP contribution in [0.4, 0.5) is 5.82 Å². The SMILES string of the molecule is CCC(=O)C1COC(C)CN1Nc1nc(-c2ccccc2)nc(C)c1C. The average Bonchev–Trinajstić information content (AvgIpc) is 2.65. The number of benzene rings is 1. The molecule has 0 saturated carbocycles. The van der Waals surface area contributed by atoms with Gasteiger partial charge in [-0.1, -0.05) is 37.3 Å². The molecule has 1 saturated heterocycles. The fourth-order valence-electron chi connectivity index (χ4n) is 3.02. The Morgan fingerprint density at radius 1 is 1.27 bits per heavy atom. The first kappa shape index (κ1) is 18.5. The van der Waals surface area contributed by atoms with E-state index in [1.165, 1.54) is 0 Å². The zero-order valence-electron chi connectivity index (χ0n) is 15.8. The number of hydrazine groups is 1. The quantitative estimate of drug-likeness (QED) is 0.890. The van der Waals surface area contributed by atoms with Gasteiger partial charge in [0.1, 0.15) is 11.9 Å². The van der Waals surface area contributed by atoms with E-state index in [9.17, 15) is 4.79 Å². The Hall–Kier alpha value is -2.31. The number of nitrogens with zero attached hydrogens (tertiary/aromatic N) is 3. The van der Waals surface area contributed by atoms with E-state index >= 15 is 0 Å². The number of hydrogen-bond donors (Lipinski definition) is 1. The lowest BCUT2D eigenvalue weighted by molar-refractivity contribution is -0.132. The number of Topliss-reactive ketones (excluding diaryl/α,β-unsaturated/α-hetero) is 1. The van der Waals surface area contributed by atoms with Crippen molar-refractivity contribution in [1.29, 1.82) is 0 Å². The van der Waals surface area contributed by atoms with Crippen molar-refractivity contribution in [2.75, 3.05) is 18.6 Å². The van der Waals surface area contributed by atoms with Gasteiger partial charge in [-0.3, -0.25) is 4.79 Å². The number of morpholine rings is 1. The first-order valence-corrected chi connectivity index (χ1v) is 9.07. The molecule has 1 fully saturated rings. The number of ether oxygens (including phenoxy) is 1. The van der Waals surface area contributed by atoms with E-state index in [1.54, 1.807) is 0 Å². The van der Waals surface area contributed by atoms with Crippen molar-refractivity contribution in [3.8, 4) is 11.4 Å². The zero-order valence-corrected chi connectivity index (χ0v) is 15.8. The lowest BCUT2D eigenvalue weighted by Gasteiger charge is -2.38. The van der Waals surface area contributed by atoms with Crippen LogP contribution in [-0.2, 0) is 9.53 Å². The molecule has 0 amide bonds. The summed E-state index contributed by atoms with van der Waals surface area (Å²) in [4.78, 5) is 21.7. The Bertz CT molecular complexity index is 779. The summed E-state index contributed by atoms with van der Waals surface area (Å²) in [6.07, 6.45) is 0.540. The first-order valence-electron chi connectivity index (χ1n) is 9.07. The summed E-state index contributed by atoms with van der Waals surface area (Å²) in [5.74, 6) is 1.58. The van der Waals surface area contributed by atoms with E-state index < -0.39 is 0 Å². The first-order chi connectivity index (χ1) is 12.5. The molecule has 6 heteroatoms. The van der Waals surface area contributed by atoms with Gasteiger partial charge in [-0.15, -0.1) is 0 Å². The van der Waals surface area contributed by atoms with Crippen LogP contribution in [0.15, 0.2) is 30.3 Å². The molecule has 2 atom stereocenters. The van der Waals surface area contributed by atoms with Gasteiger partial charge in [-0.2, -0.15) is 0 Å². The minimum Gasteiger partial charge on any atom is -0.375 e. The highest BCUT2D eigenvalue weighted by atomic mass is 16.5. The Balaban J connectivity index is 1.92. The van der Waals surface area contributed by atoms with E-state index in [0.717, 1.165) is 22.6 Å². The molecular weight excluding hydrogens is 328 g/mol. The van der Waals surface area contributed by atoms with Crippen molar-refractivity contribution in [3.05, 3.63) is 41.6 Å². The van der Waals surface area contributed by atoms with Crippen LogP contribution in [0.1, 0.15) is 31.5 Å². The van der Waals surface area contributed by atoms with Gasteiger partial charge in [-0.25, -0.2) is 15.0 Å². The summed E-state index contributed by atoms with van der Waals surface area (Å²) in [5.41, 5.74) is 6.24. The van der Waals surface area contributed by atoms with Crippen LogP contribution in [0.25, 0.3) is 11.4 Å². The monoisotopic (exact) mass is 354 g/mol. The summed E-state index contributed by atoms with van der Waals surface area (Å²) < 4.78 is 5.69. The summed E-state index contributed by atoms with van der Waals surface area (Å²) in [6, 6.07) is 9.61. The second-order valence-corrected chi connectivity index (χ2v) is 6.72. The smallest absolute Gasteiger partial charge is 0.161 e. The van der Waals surface area contributed by atoms with Crippen molar-refractivity contribution < 1.29 is 9.53 Å². The van der Waals surface area contributed by atoms with E-state index in [2.05, 4.69) is 10.4 Å². The summed E-state index contributed by atoms with van der Waals surface area (Å²) >= 11 is 0. The number of nitrogens with one attached hydrogen (secondary N) is 1. The molecule has 0 bridgehead atoms. The number of aryl methyl sites for hydroxylation is 1. The van der Waals surface area contributed by atoms with Gasteiger partial charge in [0.25, 0.3) is 0 Å². The summed E-state index contributed by atoms with van der Waals surface area (Å²) in [5, 5.41) is 1.96. The Morgan fingerprint density at radius 2 is 2.00 bits per heavy atom. The predicted octanol–water partition coefficient (Wildman–Crippen LogP) is 3.16. The van der Waals surface area contributed by atoms with Crippen molar-refractivity contribution in [2.45, 2.75) is 46.3 Å². The van der Waals surface area contributed by atoms with E-state index in [-0.39, 0.29) is 17.9 Å². The van der Waals surface area contributed by atoms with Crippen LogP contribution in [-0.4, -0.2) is 46.1 Å². The van der Waals surface area contributed by atoms with Crippen molar-refractivity contribution in [1.82, 2.24) is 15.0 Å². The largest absolute Gasteiger partial charge is 0.375 e. The van der Waals surface area contributed by atoms with E-state index in [4.69, 9.17) is 9.72 Å². The third kappa shape index (κ3) is 3.92. The highest BCUT2D eigenvalue weighted by molar-refractivity contribution is 5.84. The predicted molar refractivity (Wildman–Crippen MR) is 102 cm³/mol. The number of rotatable bonds is 5. The van der Waals surface area contributed by atoms with Gasteiger partial charge in [0.05, 0.1) is 12.7 Å². The maximum atomic E-state index is 12.3. The molecule has 0 spiro atoms. The molecule has 138 valence electrons. The number of carbonyl (C=O) groups excluding carboxylic acids is 1. The Morgan fingerprint density at radius 3 is 2.69 bits per heavy atom. The minimum atomic E-state index is -0.300. The molecule has 2 heterocycles. The molecule has 1 aromatic carbocycles. The maximum absolute atomic E-state index is 12.3. The second-order valence-electron chi connectivity index (χ2n) is 6.72. The topological polar surface area (TPSA) is 67.3 Å². The van der Waals surface area contributed by atoms with Crippen molar-refractivity contribution in [3.63, 3.8) is 0 Å². The molecule has 26 heavy (non-hydrogen) atoms. The summed E-state index contributed by atoms with van der Waals surface area (Å²) in [6.45, 7) is 8.88. The molecule has 2 unspecified atom stereocenters. The Kier molecular flexibility index (Phi) is 5.64. The second kappa shape index (κ2) is 7.93. The standard InChI is InChI=1S/C20H26N4O2/c1-5-18(25)17-12-26-13(2)11-24(17)23-19-14(3)15(4)21-20(22-19)16-9-7-6-8-10-16/h6-10,13,17H,5,11-12H2,1-4H3,(H,21,22,23). The van der Waals surface area contributed by atoms with Crippen LogP contribution >= 0.6 is 0 Å². The van der Waals surface area contributed by atoms with Gasteiger partial charge < -0.3 is 10.2 Å². The molecular formula is C20H26N4O2. The Labute approximate surface area is 154 Å².